The van der Waals surface area contributed by atoms with Crippen molar-refractivity contribution in [2.45, 2.75) is 125 Å². The number of hydrogen-bond donors (Lipinski definition) is 0. The first kappa shape index (κ1) is 34.3. The highest BCUT2D eigenvalue weighted by molar-refractivity contribution is 5.74. The maximum Gasteiger partial charge on any atom is 0.312 e. The van der Waals surface area contributed by atoms with Gasteiger partial charge in [-0.25, -0.2) is 0 Å². The summed E-state index contributed by atoms with van der Waals surface area (Å²) >= 11 is 0. The van der Waals surface area contributed by atoms with E-state index in [9.17, 15) is 24.0 Å². The third-order valence-corrected chi connectivity index (χ3v) is 9.71. The van der Waals surface area contributed by atoms with Crippen molar-refractivity contribution in [2.75, 3.05) is 0 Å². The molecule has 0 aromatic rings. The van der Waals surface area contributed by atoms with E-state index in [1.165, 1.54) is 27.7 Å². The Morgan fingerprint density at radius 2 is 1.40 bits per heavy atom. The summed E-state index contributed by atoms with van der Waals surface area (Å²) in [6, 6.07) is 0. The minimum atomic E-state index is -0.802. The first-order valence-corrected chi connectivity index (χ1v) is 15.1. The number of hydrogen-bond acceptors (Lipinski definition) is 10. The molecule has 0 amide bonds. The van der Waals surface area contributed by atoms with Crippen LogP contribution in [0.4, 0.5) is 0 Å². The van der Waals surface area contributed by atoms with E-state index < -0.39 is 89.0 Å². The fourth-order valence-corrected chi connectivity index (χ4v) is 7.96. The van der Waals surface area contributed by atoms with Gasteiger partial charge in [-0.2, -0.15) is 0 Å². The maximum absolute atomic E-state index is 13.5. The summed E-state index contributed by atoms with van der Waals surface area (Å²) in [4.78, 5) is 62.3. The highest BCUT2D eigenvalue weighted by atomic mass is 16.6. The van der Waals surface area contributed by atoms with E-state index in [0.717, 1.165) is 11.1 Å². The van der Waals surface area contributed by atoms with E-state index in [4.69, 9.17) is 23.7 Å². The van der Waals surface area contributed by atoms with Gasteiger partial charge < -0.3 is 23.7 Å². The van der Waals surface area contributed by atoms with Gasteiger partial charge in [0.1, 0.15) is 30.5 Å². The minimum Gasteiger partial charge on any atom is -0.462 e. The van der Waals surface area contributed by atoms with Crippen LogP contribution in [0.2, 0.25) is 0 Å². The first-order chi connectivity index (χ1) is 19.8. The zero-order valence-corrected chi connectivity index (χ0v) is 27.2. The van der Waals surface area contributed by atoms with Gasteiger partial charge in [0, 0.05) is 46.0 Å². The van der Waals surface area contributed by atoms with Gasteiger partial charge in [-0.1, -0.05) is 32.9 Å². The third-order valence-electron chi connectivity index (χ3n) is 9.71. The third kappa shape index (κ3) is 7.15. The predicted molar refractivity (Wildman–Crippen MR) is 156 cm³/mol. The zero-order chi connectivity index (χ0) is 32.6. The van der Waals surface area contributed by atoms with Crippen LogP contribution in [0.5, 0.6) is 0 Å². The van der Waals surface area contributed by atoms with Crippen molar-refractivity contribution < 1.29 is 47.7 Å². The van der Waals surface area contributed by atoms with Gasteiger partial charge in [0.05, 0.1) is 5.92 Å². The van der Waals surface area contributed by atoms with Crippen LogP contribution < -0.4 is 0 Å². The fourth-order valence-electron chi connectivity index (χ4n) is 7.96. The highest BCUT2D eigenvalue weighted by Gasteiger charge is 2.61. The van der Waals surface area contributed by atoms with Crippen LogP contribution in [0.15, 0.2) is 23.3 Å². The Hall–Kier alpha value is -3.17. The Kier molecular flexibility index (Phi) is 10.2. The van der Waals surface area contributed by atoms with Crippen LogP contribution in [0.25, 0.3) is 0 Å². The molecule has 2 bridgehead atoms. The van der Waals surface area contributed by atoms with E-state index in [-0.39, 0.29) is 0 Å². The lowest BCUT2D eigenvalue weighted by Gasteiger charge is -2.58. The van der Waals surface area contributed by atoms with E-state index in [1.807, 2.05) is 20.8 Å². The second kappa shape index (κ2) is 12.8. The van der Waals surface area contributed by atoms with Crippen molar-refractivity contribution in [2.24, 2.45) is 28.6 Å². The normalized spacial score (nSPS) is 33.0. The van der Waals surface area contributed by atoms with Crippen molar-refractivity contribution in [1.29, 1.82) is 0 Å². The van der Waals surface area contributed by atoms with Crippen molar-refractivity contribution in [3.8, 4) is 0 Å². The van der Waals surface area contributed by atoms with Gasteiger partial charge in [-0.15, -0.1) is 0 Å². The van der Waals surface area contributed by atoms with Crippen LogP contribution >= 0.6 is 0 Å². The van der Waals surface area contributed by atoms with E-state index >= 15 is 0 Å². The largest absolute Gasteiger partial charge is 0.462 e. The smallest absolute Gasteiger partial charge is 0.312 e. The second-order valence-corrected chi connectivity index (χ2v) is 13.4. The Balaban J connectivity index is 2.22. The van der Waals surface area contributed by atoms with Crippen LogP contribution in [-0.2, 0) is 47.7 Å². The number of carbonyl (C=O) groups is 5. The SMILES string of the molecule is C=C1[C@@H](OC(C)=O)CC[C@@]2(C)C[C@H](OC(C)=O)C3=C(C)C[C@H](OC(=O)[C@H](C)[C@H](C)OC(C)=O)[C@H]([C@@H](OC(C)=O)[C@H]12)C3(C)C. The number of rotatable bonds is 7. The van der Waals surface area contributed by atoms with Gasteiger partial charge in [-0.05, 0) is 62.0 Å². The molecule has 0 aliphatic heterocycles. The predicted octanol–water partition coefficient (Wildman–Crippen LogP) is 5.02. The van der Waals surface area contributed by atoms with E-state index in [1.54, 1.807) is 13.8 Å². The van der Waals surface area contributed by atoms with Crippen molar-refractivity contribution in [1.82, 2.24) is 0 Å². The van der Waals surface area contributed by atoms with Gasteiger partial charge in [0.2, 0.25) is 0 Å². The molecule has 9 atom stereocenters. The average Bonchev–Trinajstić information content (AvgIpc) is 2.82. The van der Waals surface area contributed by atoms with E-state index in [0.29, 0.717) is 31.3 Å². The molecule has 3 aliphatic rings. The Labute approximate surface area is 254 Å². The molecule has 0 spiro atoms. The second-order valence-electron chi connectivity index (χ2n) is 13.4. The van der Waals surface area contributed by atoms with Crippen molar-refractivity contribution in [3.63, 3.8) is 0 Å². The summed E-state index contributed by atoms with van der Waals surface area (Å²) in [5.74, 6) is -4.24. The van der Waals surface area contributed by atoms with Crippen LogP contribution in [0, 0.1) is 28.6 Å². The summed E-state index contributed by atoms with van der Waals surface area (Å²) in [5, 5.41) is 0. The summed E-state index contributed by atoms with van der Waals surface area (Å²) in [5.41, 5.74) is 1.13. The molecule has 3 rings (SSSR count). The molecule has 3 aliphatic carbocycles. The molecule has 2 saturated carbocycles. The Bertz CT molecular complexity index is 1200. The first-order valence-electron chi connectivity index (χ1n) is 15.1. The molecule has 0 heterocycles. The standard InChI is InChI=1S/C33H48O10/c1-16-14-25(43-31(38)17(2)19(4)39-20(5)34)29-30(42-23(8)37)28-18(3)24(40-21(6)35)12-13-33(28,11)15-26(41-22(7)36)27(16)32(29,9)10/h17,19,24-26,28-30H,3,12-15H2,1-2,4-11H3/t17-,19+,24+,25+,26+,28+,29-,30+,33+/m1/s1. The van der Waals surface area contributed by atoms with Crippen LogP contribution in [0.1, 0.15) is 94.9 Å². The Morgan fingerprint density at radius 3 is 1.93 bits per heavy atom. The quantitative estimate of drug-likeness (QED) is 0.222. The summed E-state index contributed by atoms with van der Waals surface area (Å²) < 4.78 is 29.4. The Morgan fingerprint density at radius 1 is 0.837 bits per heavy atom. The zero-order valence-electron chi connectivity index (χ0n) is 27.2. The summed E-state index contributed by atoms with van der Waals surface area (Å²) in [6.45, 7) is 21.0. The lowest BCUT2D eigenvalue weighted by molar-refractivity contribution is -0.189. The number of fused-ring (bicyclic) bond motifs is 3. The highest BCUT2D eigenvalue weighted by Crippen LogP contribution is 2.60. The topological polar surface area (TPSA) is 132 Å². The van der Waals surface area contributed by atoms with Crippen molar-refractivity contribution >= 4 is 29.8 Å². The molecule has 240 valence electrons. The van der Waals surface area contributed by atoms with E-state index in [2.05, 4.69) is 13.5 Å². The van der Waals surface area contributed by atoms with Gasteiger partial charge in [-0.3, -0.25) is 24.0 Å². The van der Waals surface area contributed by atoms with Crippen LogP contribution in [-0.4, -0.2) is 60.4 Å². The molecule has 2 fully saturated rings. The lowest BCUT2D eigenvalue weighted by atomic mass is 9.50. The van der Waals surface area contributed by atoms with Gasteiger partial charge in [0.15, 0.2) is 0 Å². The summed E-state index contributed by atoms with van der Waals surface area (Å²) in [7, 11) is 0. The molecule has 0 radical (unpaired) electrons. The molecule has 0 unspecified atom stereocenters. The molecular formula is C33H48O10. The minimum absolute atomic E-state index is 0.322. The molecule has 10 nitrogen and oxygen atoms in total. The average molecular weight is 605 g/mol. The van der Waals surface area contributed by atoms with Crippen LogP contribution in [0.3, 0.4) is 0 Å². The van der Waals surface area contributed by atoms with Gasteiger partial charge >= 0.3 is 29.8 Å². The number of ether oxygens (including phenoxy) is 5. The fraction of sp³-hybridized carbons (Fsp3) is 0.727. The molecule has 43 heavy (non-hydrogen) atoms. The molecule has 0 saturated heterocycles. The number of esters is 5. The summed E-state index contributed by atoms with van der Waals surface area (Å²) in [6.07, 6.45) is -1.53. The number of carbonyl (C=O) groups excluding carboxylic acids is 5. The molecule has 0 aromatic carbocycles. The molecule has 0 aromatic heterocycles. The maximum atomic E-state index is 13.5. The molecule has 0 N–H and O–H groups in total. The molecular weight excluding hydrogens is 556 g/mol. The molecule has 10 heteroatoms. The monoisotopic (exact) mass is 604 g/mol. The lowest BCUT2D eigenvalue weighted by Crippen LogP contribution is -2.60. The van der Waals surface area contributed by atoms with Crippen molar-refractivity contribution in [3.05, 3.63) is 23.3 Å². The van der Waals surface area contributed by atoms with Gasteiger partial charge in [0.25, 0.3) is 0 Å².